The molecule has 0 radical (unpaired) electrons. The maximum atomic E-state index is 11.8. The first kappa shape index (κ1) is 17.4. The number of rotatable bonds is 7. The number of nitrogens with one attached hydrogen (secondary N) is 3. The zero-order valence-corrected chi connectivity index (χ0v) is 14.3. The van der Waals surface area contributed by atoms with E-state index in [1.807, 2.05) is 36.4 Å². The van der Waals surface area contributed by atoms with Crippen molar-refractivity contribution in [2.75, 3.05) is 57.8 Å². The van der Waals surface area contributed by atoms with E-state index in [2.05, 4.69) is 25.8 Å². The van der Waals surface area contributed by atoms with Gasteiger partial charge in [-0.05, 0) is 18.2 Å². The lowest BCUT2D eigenvalue weighted by Crippen LogP contribution is -2.44. The molecule has 25 heavy (non-hydrogen) atoms. The van der Waals surface area contributed by atoms with Crippen molar-refractivity contribution < 1.29 is 9.53 Å². The molecule has 1 fully saturated rings. The summed E-state index contributed by atoms with van der Waals surface area (Å²) in [5, 5.41) is 10.1. The van der Waals surface area contributed by atoms with E-state index >= 15 is 0 Å². The Morgan fingerprint density at radius 3 is 2.72 bits per heavy atom. The molecule has 1 aromatic heterocycles. The number of carbonyl (C=O) groups is 1. The van der Waals surface area contributed by atoms with Crippen molar-refractivity contribution >= 4 is 22.8 Å². The van der Waals surface area contributed by atoms with Gasteiger partial charge >= 0.3 is 6.03 Å². The first-order chi connectivity index (χ1) is 12.3. The van der Waals surface area contributed by atoms with E-state index in [4.69, 9.17) is 4.74 Å². The van der Waals surface area contributed by atoms with Gasteiger partial charge in [0, 0.05) is 44.7 Å². The third kappa shape index (κ3) is 5.58. The van der Waals surface area contributed by atoms with Crippen LogP contribution in [0.4, 0.5) is 10.6 Å². The molecule has 2 amide bonds. The summed E-state index contributed by atoms with van der Waals surface area (Å²) in [6, 6.07) is 11.8. The number of hydrogen-bond donors (Lipinski definition) is 3. The summed E-state index contributed by atoms with van der Waals surface area (Å²) in [5.74, 6) is 0.813. The van der Waals surface area contributed by atoms with Gasteiger partial charge in [-0.2, -0.15) is 0 Å². The Kier molecular flexibility index (Phi) is 6.42. The van der Waals surface area contributed by atoms with Crippen LogP contribution in [0, 0.1) is 0 Å². The first-order valence-corrected chi connectivity index (χ1v) is 8.73. The van der Waals surface area contributed by atoms with Gasteiger partial charge in [0.2, 0.25) is 0 Å². The number of aromatic nitrogens is 1. The fourth-order valence-electron chi connectivity index (χ4n) is 2.75. The first-order valence-electron chi connectivity index (χ1n) is 8.73. The molecule has 3 rings (SSSR count). The Balaban J connectivity index is 1.30. The summed E-state index contributed by atoms with van der Waals surface area (Å²) >= 11 is 0. The molecule has 1 aromatic carbocycles. The largest absolute Gasteiger partial charge is 0.379 e. The van der Waals surface area contributed by atoms with Gasteiger partial charge in [-0.25, -0.2) is 9.78 Å². The summed E-state index contributed by atoms with van der Waals surface area (Å²) in [6.45, 7) is 6.10. The number of anilines is 1. The van der Waals surface area contributed by atoms with Gasteiger partial charge in [0.1, 0.15) is 5.82 Å². The molecular formula is C18H25N5O2. The van der Waals surface area contributed by atoms with E-state index in [0.717, 1.165) is 49.6 Å². The minimum absolute atomic E-state index is 0.137. The van der Waals surface area contributed by atoms with Crippen LogP contribution in [-0.4, -0.2) is 68.4 Å². The number of amides is 2. The number of para-hydroxylation sites is 1. The lowest BCUT2D eigenvalue weighted by Gasteiger charge is -2.26. The topological polar surface area (TPSA) is 78.5 Å². The van der Waals surface area contributed by atoms with Gasteiger partial charge in [0.15, 0.2) is 0 Å². The standard InChI is InChI=1S/C18H25N5O2/c24-18(21-9-10-23-11-13-25-14-12-23)20-8-7-19-17-6-5-15-3-1-2-4-16(15)22-17/h1-6H,7-14H2,(H,19,22)(H2,20,21,24). The van der Waals surface area contributed by atoms with Crippen LogP contribution < -0.4 is 16.0 Å². The molecule has 0 bridgehead atoms. The summed E-state index contributed by atoms with van der Waals surface area (Å²) in [5.41, 5.74) is 0.960. The highest BCUT2D eigenvalue weighted by Crippen LogP contribution is 2.13. The molecule has 2 aromatic rings. The van der Waals surface area contributed by atoms with Crippen LogP contribution in [0.15, 0.2) is 36.4 Å². The summed E-state index contributed by atoms with van der Waals surface area (Å²) in [6.07, 6.45) is 0. The number of ether oxygens (including phenoxy) is 1. The number of pyridine rings is 1. The van der Waals surface area contributed by atoms with Gasteiger partial charge in [0.25, 0.3) is 0 Å². The monoisotopic (exact) mass is 343 g/mol. The fraction of sp³-hybridized carbons (Fsp3) is 0.444. The van der Waals surface area contributed by atoms with Crippen molar-refractivity contribution in [3.8, 4) is 0 Å². The number of hydrogen-bond acceptors (Lipinski definition) is 5. The Labute approximate surface area is 147 Å². The third-order valence-electron chi connectivity index (χ3n) is 4.13. The minimum atomic E-state index is -0.137. The van der Waals surface area contributed by atoms with Crippen LogP contribution in [0.2, 0.25) is 0 Å². The molecule has 1 saturated heterocycles. The van der Waals surface area contributed by atoms with Crippen LogP contribution in [0.1, 0.15) is 0 Å². The summed E-state index contributed by atoms with van der Waals surface area (Å²) in [7, 11) is 0. The van der Waals surface area contributed by atoms with E-state index < -0.39 is 0 Å². The maximum Gasteiger partial charge on any atom is 0.314 e. The van der Waals surface area contributed by atoms with Crippen molar-refractivity contribution in [2.45, 2.75) is 0 Å². The zero-order chi connectivity index (χ0) is 17.3. The van der Waals surface area contributed by atoms with Crippen LogP contribution in [0.3, 0.4) is 0 Å². The Hall–Kier alpha value is -2.38. The molecular weight excluding hydrogens is 318 g/mol. The predicted octanol–water partition coefficient (Wildman–Crippen LogP) is 1.28. The van der Waals surface area contributed by atoms with Crippen molar-refractivity contribution in [1.82, 2.24) is 20.5 Å². The van der Waals surface area contributed by atoms with Gasteiger partial charge in [-0.1, -0.05) is 18.2 Å². The number of carbonyl (C=O) groups excluding carboxylic acids is 1. The maximum absolute atomic E-state index is 11.8. The van der Waals surface area contributed by atoms with Crippen molar-refractivity contribution in [1.29, 1.82) is 0 Å². The molecule has 0 atom stereocenters. The van der Waals surface area contributed by atoms with E-state index in [0.29, 0.717) is 19.6 Å². The second-order valence-electron chi connectivity index (χ2n) is 5.95. The van der Waals surface area contributed by atoms with Gasteiger partial charge in [0.05, 0.1) is 18.7 Å². The second-order valence-corrected chi connectivity index (χ2v) is 5.95. The molecule has 7 heteroatoms. The van der Waals surface area contributed by atoms with Crippen LogP contribution >= 0.6 is 0 Å². The van der Waals surface area contributed by atoms with Gasteiger partial charge < -0.3 is 20.7 Å². The van der Waals surface area contributed by atoms with E-state index in [1.165, 1.54) is 0 Å². The summed E-state index contributed by atoms with van der Waals surface area (Å²) in [4.78, 5) is 18.6. The summed E-state index contributed by atoms with van der Waals surface area (Å²) < 4.78 is 5.30. The quantitative estimate of drug-likeness (QED) is 0.660. The van der Waals surface area contributed by atoms with E-state index in [-0.39, 0.29) is 6.03 Å². The van der Waals surface area contributed by atoms with Gasteiger partial charge in [-0.3, -0.25) is 4.90 Å². The van der Waals surface area contributed by atoms with Crippen LogP contribution in [-0.2, 0) is 4.74 Å². The van der Waals surface area contributed by atoms with E-state index in [1.54, 1.807) is 0 Å². The lowest BCUT2D eigenvalue weighted by molar-refractivity contribution is 0.0387. The highest BCUT2D eigenvalue weighted by Gasteiger charge is 2.09. The Morgan fingerprint density at radius 1 is 1.04 bits per heavy atom. The smallest absolute Gasteiger partial charge is 0.314 e. The number of nitrogens with zero attached hydrogens (tertiary/aromatic N) is 2. The molecule has 1 aliphatic rings. The lowest BCUT2D eigenvalue weighted by atomic mass is 10.2. The Bertz CT molecular complexity index is 688. The van der Waals surface area contributed by atoms with Crippen molar-refractivity contribution in [3.63, 3.8) is 0 Å². The highest BCUT2D eigenvalue weighted by molar-refractivity contribution is 5.80. The zero-order valence-electron chi connectivity index (χ0n) is 14.3. The third-order valence-corrected chi connectivity index (χ3v) is 4.13. The highest BCUT2D eigenvalue weighted by atomic mass is 16.5. The molecule has 134 valence electrons. The number of morpholine rings is 1. The molecule has 0 saturated carbocycles. The molecule has 0 aliphatic carbocycles. The molecule has 1 aliphatic heterocycles. The van der Waals surface area contributed by atoms with Crippen molar-refractivity contribution in [3.05, 3.63) is 36.4 Å². The Morgan fingerprint density at radius 2 is 1.84 bits per heavy atom. The number of benzene rings is 1. The van der Waals surface area contributed by atoms with Crippen LogP contribution in [0.5, 0.6) is 0 Å². The molecule has 7 nitrogen and oxygen atoms in total. The molecule has 2 heterocycles. The molecule has 0 unspecified atom stereocenters. The number of fused-ring (bicyclic) bond motifs is 1. The molecule has 3 N–H and O–H groups in total. The minimum Gasteiger partial charge on any atom is -0.379 e. The van der Waals surface area contributed by atoms with Gasteiger partial charge in [-0.15, -0.1) is 0 Å². The SMILES string of the molecule is O=C(NCCNc1ccc2ccccc2n1)NCCN1CCOCC1. The average molecular weight is 343 g/mol. The number of urea groups is 1. The van der Waals surface area contributed by atoms with E-state index in [9.17, 15) is 4.79 Å². The fourth-order valence-corrected chi connectivity index (χ4v) is 2.75. The predicted molar refractivity (Wildman–Crippen MR) is 98.9 cm³/mol. The van der Waals surface area contributed by atoms with Crippen LogP contribution in [0.25, 0.3) is 10.9 Å². The second kappa shape index (κ2) is 9.19. The van der Waals surface area contributed by atoms with Crippen molar-refractivity contribution in [2.24, 2.45) is 0 Å². The molecule has 0 spiro atoms. The average Bonchev–Trinajstić information content (AvgIpc) is 2.66. The normalized spacial score (nSPS) is 15.0.